The number of rotatable bonds is 11. The molecule has 0 heterocycles. The van der Waals surface area contributed by atoms with Crippen molar-refractivity contribution in [1.29, 1.82) is 0 Å². The summed E-state index contributed by atoms with van der Waals surface area (Å²) in [5.41, 5.74) is 5.68. The van der Waals surface area contributed by atoms with Crippen molar-refractivity contribution in [1.82, 2.24) is 0 Å². The summed E-state index contributed by atoms with van der Waals surface area (Å²) in [4.78, 5) is 22.7. The quantitative estimate of drug-likeness (QED) is 0.461. The molecule has 0 amide bonds. The lowest BCUT2D eigenvalue weighted by Gasteiger charge is -2.11. The van der Waals surface area contributed by atoms with Gasteiger partial charge in [0, 0.05) is 6.42 Å². The monoisotopic (exact) mass is 273 g/mol. The molecule has 19 heavy (non-hydrogen) atoms. The summed E-state index contributed by atoms with van der Waals surface area (Å²) < 4.78 is 10.0. The average Bonchev–Trinajstić information content (AvgIpc) is 2.39. The van der Waals surface area contributed by atoms with E-state index in [1.54, 1.807) is 0 Å². The summed E-state index contributed by atoms with van der Waals surface area (Å²) in [6, 6.07) is -0.639. The molecule has 0 rings (SSSR count). The molecule has 0 aliphatic heterocycles. The van der Waals surface area contributed by atoms with Crippen LogP contribution in [-0.4, -0.2) is 31.2 Å². The van der Waals surface area contributed by atoms with Gasteiger partial charge in [0.05, 0.1) is 13.2 Å². The smallest absolute Gasteiger partial charge is 0.322 e. The van der Waals surface area contributed by atoms with Crippen LogP contribution < -0.4 is 5.73 Å². The zero-order valence-electron chi connectivity index (χ0n) is 12.2. The summed E-state index contributed by atoms with van der Waals surface area (Å²) in [7, 11) is 0. The molecule has 0 spiro atoms. The van der Waals surface area contributed by atoms with E-state index in [0.29, 0.717) is 32.5 Å². The van der Waals surface area contributed by atoms with E-state index < -0.39 is 6.04 Å². The summed E-state index contributed by atoms with van der Waals surface area (Å²) in [6.45, 7) is 4.96. The molecule has 0 aromatic carbocycles. The summed E-state index contributed by atoms with van der Waals surface area (Å²) in [5.74, 6) is -0.604. The second-order valence-electron chi connectivity index (χ2n) is 4.59. The Hall–Kier alpha value is -1.10. The molecule has 0 saturated heterocycles. The van der Waals surface area contributed by atoms with Crippen molar-refractivity contribution in [2.24, 2.45) is 5.73 Å². The van der Waals surface area contributed by atoms with Gasteiger partial charge in [-0.3, -0.25) is 9.59 Å². The van der Waals surface area contributed by atoms with E-state index in [1.165, 1.54) is 0 Å². The lowest BCUT2D eigenvalue weighted by atomic mass is 10.1. The van der Waals surface area contributed by atoms with E-state index in [9.17, 15) is 9.59 Å². The number of esters is 2. The minimum Gasteiger partial charge on any atom is -0.466 e. The van der Waals surface area contributed by atoms with Gasteiger partial charge in [0.25, 0.3) is 0 Å². The molecule has 5 nitrogen and oxygen atoms in total. The molecule has 1 unspecified atom stereocenters. The number of carbonyl (C=O) groups excluding carboxylic acids is 2. The van der Waals surface area contributed by atoms with Crippen molar-refractivity contribution in [3.63, 3.8) is 0 Å². The Labute approximate surface area is 115 Å². The first-order valence-corrected chi connectivity index (χ1v) is 7.19. The fraction of sp³-hybridized carbons (Fsp3) is 0.857. The number of hydrogen-bond acceptors (Lipinski definition) is 5. The Kier molecular flexibility index (Phi) is 11.3. The Morgan fingerprint density at radius 2 is 1.58 bits per heavy atom. The highest BCUT2D eigenvalue weighted by Crippen LogP contribution is 2.03. The van der Waals surface area contributed by atoms with Crippen LogP contribution in [0, 0.1) is 0 Å². The van der Waals surface area contributed by atoms with Crippen molar-refractivity contribution < 1.29 is 19.1 Å². The van der Waals surface area contributed by atoms with Gasteiger partial charge in [0.1, 0.15) is 6.04 Å². The van der Waals surface area contributed by atoms with Crippen LogP contribution >= 0.6 is 0 Å². The van der Waals surface area contributed by atoms with Gasteiger partial charge in [0.15, 0.2) is 0 Å². The molecular weight excluding hydrogens is 246 g/mol. The molecule has 0 bridgehead atoms. The van der Waals surface area contributed by atoms with Gasteiger partial charge in [-0.15, -0.1) is 0 Å². The van der Waals surface area contributed by atoms with Crippen molar-refractivity contribution >= 4 is 11.9 Å². The fourth-order valence-corrected chi connectivity index (χ4v) is 1.41. The zero-order valence-corrected chi connectivity index (χ0v) is 12.2. The molecule has 0 saturated carbocycles. The highest BCUT2D eigenvalue weighted by atomic mass is 16.5. The van der Waals surface area contributed by atoms with E-state index in [4.69, 9.17) is 15.2 Å². The van der Waals surface area contributed by atoms with E-state index in [2.05, 4.69) is 0 Å². The van der Waals surface area contributed by atoms with Crippen LogP contribution in [0.5, 0.6) is 0 Å². The Morgan fingerprint density at radius 1 is 1.00 bits per heavy atom. The zero-order chi connectivity index (χ0) is 14.5. The van der Waals surface area contributed by atoms with Gasteiger partial charge in [-0.25, -0.2) is 0 Å². The van der Waals surface area contributed by atoms with Crippen LogP contribution in [0.4, 0.5) is 0 Å². The first-order chi connectivity index (χ1) is 9.11. The molecule has 5 heteroatoms. The minimum atomic E-state index is -0.639. The Balaban J connectivity index is 3.58. The third-order valence-corrected chi connectivity index (χ3v) is 2.70. The second kappa shape index (κ2) is 12.0. The van der Waals surface area contributed by atoms with Crippen LogP contribution in [0.1, 0.15) is 58.8 Å². The van der Waals surface area contributed by atoms with Crippen molar-refractivity contribution in [2.45, 2.75) is 64.8 Å². The van der Waals surface area contributed by atoms with Crippen LogP contribution in [-0.2, 0) is 19.1 Å². The van der Waals surface area contributed by atoms with Crippen molar-refractivity contribution in [2.75, 3.05) is 13.2 Å². The third-order valence-electron chi connectivity index (χ3n) is 2.70. The van der Waals surface area contributed by atoms with Gasteiger partial charge >= 0.3 is 11.9 Å². The molecule has 0 fully saturated rings. The standard InChI is InChI=1S/C14H27NO4/c1-3-5-10-18-13(16)9-7-8-12(15)14(17)19-11-6-4-2/h12H,3-11,15H2,1-2H3. The van der Waals surface area contributed by atoms with Crippen molar-refractivity contribution in [3.8, 4) is 0 Å². The Bertz CT molecular complexity index is 256. The topological polar surface area (TPSA) is 78.6 Å². The van der Waals surface area contributed by atoms with Gasteiger partial charge < -0.3 is 15.2 Å². The number of ether oxygens (including phenoxy) is 2. The maximum Gasteiger partial charge on any atom is 0.322 e. The van der Waals surface area contributed by atoms with Crippen LogP contribution in [0.25, 0.3) is 0 Å². The van der Waals surface area contributed by atoms with Gasteiger partial charge in [-0.2, -0.15) is 0 Å². The molecular formula is C14H27NO4. The van der Waals surface area contributed by atoms with E-state index in [-0.39, 0.29) is 11.9 Å². The number of nitrogens with two attached hydrogens (primary N) is 1. The number of unbranched alkanes of at least 4 members (excludes halogenated alkanes) is 2. The first kappa shape index (κ1) is 17.9. The summed E-state index contributed by atoms with van der Waals surface area (Å²) in [6.07, 6.45) is 5.02. The lowest BCUT2D eigenvalue weighted by molar-refractivity contribution is -0.147. The summed E-state index contributed by atoms with van der Waals surface area (Å²) in [5, 5.41) is 0. The predicted molar refractivity (Wildman–Crippen MR) is 73.6 cm³/mol. The molecule has 1 atom stereocenters. The highest BCUT2D eigenvalue weighted by Gasteiger charge is 2.15. The molecule has 0 radical (unpaired) electrons. The number of hydrogen-bond donors (Lipinski definition) is 1. The fourth-order valence-electron chi connectivity index (χ4n) is 1.41. The molecule has 112 valence electrons. The first-order valence-electron chi connectivity index (χ1n) is 7.19. The molecule has 2 N–H and O–H groups in total. The van der Waals surface area contributed by atoms with Gasteiger partial charge in [-0.05, 0) is 25.7 Å². The normalized spacial score (nSPS) is 11.9. The summed E-state index contributed by atoms with van der Waals surface area (Å²) >= 11 is 0. The highest BCUT2D eigenvalue weighted by molar-refractivity contribution is 5.75. The van der Waals surface area contributed by atoms with Crippen LogP contribution in [0.15, 0.2) is 0 Å². The maximum absolute atomic E-state index is 11.4. The van der Waals surface area contributed by atoms with Crippen LogP contribution in [0.3, 0.4) is 0 Å². The predicted octanol–water partition coefficient (Wildman–Crippen LogP) is 2.17. The molecule has 0 aliphatic carbocycles. The van der Waals surface area contributed by atoms with Gasteiger partial charge in [0.2, 0.25) is 0 Å². The maximum atomic E-state index is 11.4. The number of carbonyl (C=O) groups is 2. The third kappa shape index (κ3) is 10.5. The van der Waals surface area contributed by atoms with E-state index >= 15 is 0 Å². The largest absolute Gasteiger partial charge is 0.466 e. The molecule has 0 aliphatic rings. The lowest BCUT2D eigenvalue weighted by Crippen LogP contribution is -2.32. The van der Waals surface area contributed by atoms with E-state index in [0.717, 1.165) is 25.7 Å². The molecule has 0 aromatic rings. The van der Waals surface area contributed by atoms with Crippen molar-refractivity contribution in [3.05, 3.63) is 0 Å². The Morgan fingerprint density at radius 3 is 2.16 bits per heavy atom. The van der Waals surface area contributed by atoms with Gasteiger partial charge in [-0.1, -0.05) is 26.7 Å². The SMILES string of the molecule is CCCCOC(=O)CCCC(N)C(=O)OCCCC. The average molecular weight is 273 g/mol. The minimum absolute atomic E-state index is 0.222. The van der Waals surface area contributed by atoms with E-state index in [1.807, 2.05) is 13.8 Å². The second-order valence-corrected chi connectivity index (χ2v) is 4.59. The molecule has 0 aromatic heterocycles. The van der Waals surface area contributed by atoms with Crippen LogP contribution in [0.2, 0.25) is 0 Å².